The highest BCUT2D eigenvalue weighted by Crippen LogP contribution is 2.32. The summed E-state index contributed by atoms with van der Waals surface area (Å²) >= 11 is 1.50. The molecule has 0 spiro atoms. The van der Waals surface area contributed by atoms with E-state index in [0.29, 0.717) is 17.5 Å². The lowest BCUT2D eigenvalue weighted by molar-refractivity contribution is -0.122. The van der Waals surface area contributed by atoms with Crippen LogP contribution in [-0.2, 0) is 10.4 Å². The van der Waals surface area contributed by atoms with Gasteiger partial charge >= 0.3 is 0 Å². The fourth-order valence-corrected chi connectivity index (χ4v) is 4.64. The molecule has 6 nitrogen and oxygen atoms in total. The minimum atomic E-state index is -1.18. The molecule has 0 aliphatic carbocycles. The maximum Gasteiger partial charge on any atom is 0.261 e. The van der Waals surface area contributed by atoms with Crippen molar-refractivity contribution in [2.75, 3.05) is 13.1 Å². The average Bonchev–Trinajstić information content (AvgIpc) is 3.29. The van der Waals surface area contributed by atoms with Crippen molar-refractivity contribution in [2.45, 2.75) is 25.4 Å². The van der Waals surface area contributed by atoms with E-state index in [9.17, 15) is 19.5 Å². The molecule has 154 valence electrons. The number of nitrogens with one attached hydrogen (secondary N) is 1. The number of amides is 3. The van der Waals surface area contributed by atoms with Gasteiger partial charge in [-0.05, 0) is 43.0 Å². The summed E-state index contributed by atoms with van der Waals surface area (Å²) in [7, 11) is 0. The van der Waals surface area contributed by atoms with Crippen LogP contribution < -0.4 is 5.32 Å². The Bertz CT molecular complexity index is 1070. The summed E-state index contributed by atoms with van der Waals surface area (Å²) in [5, 5.41) is 14.6. The highest BCUT2D eigenvalue weighted by molar-refractivity contribution is 7.19. The van der Waals surface area contributed by atoms with Crippen LogP contribution in [0.2, 0.25) is 0 Å². The minimum absolute atomic E-state index is 0.0890. The van der Waals surface area contributed by atoms with Crippen LogP contribution in [0.25, 0.3) is 10.1 Å². The molecular weight excluding hydrogens is 400 g/mol. The number of aliphatic hydroxyl groups is 1. The summed E-state index contributed by atoms with van der Waals surface area (Å²) in [5.41, 5.74) is -0.361. The van der Waals surface area contributed by atoms with E-state index in [1.807, 2.05) is 30.3 Å². The predicted molar refractivity (Wildman–Crippen MR) is 115 cm³/mol. The van der Waals surface area contributed by atoms with Crippen molar-refractivity contribution < 1.29 is 19.5 Å². The minimum Gasteiger partial charge on any atom is -0.383 e. The summed E-state index contributed by atoms with van der Waals surface area (Å²) in [6, 6.07) is 16.6. The number of thiophene rings is 1. The summed E-state index contributed by atoms with van der Waals surface area (Å²) in [6.45, 7) is 1.95. The van der Waals surface area contributed by atoms with Gasteiger partial charge in [0.15, 0.2) is 0 Å². The maximum absolute atomic E-state index is 12.3. The van der Waals surface area contributed by atoms with Gasteiger partial charge in [0.1, 0.15) is 5.60 Å². The molecule has 0 fully saturated rings. The van der Waals surface area contributed by atoms with Crippen LogP contribution in [0.4, 0.5) is 0 Å². The van der Waals surface area contributed by atoms with Crippen LogP contribution in [0.1, 0.15) is 45.4 Å². The number of hydrogen-bond donors (Lipinski definition) is 2. The van der Waals surface area contributed by atoms with Gasteiger partial charge in [-0.15, -0.1) is 11.3 Å². The first kappa shape index (κ1) is 20.3. The molecule has 2 heterocycles. The number of rotatable bonds is 7. The van der Waals surface area contributed by atoms with E-state index < -0.39 is 5.60 Å². The van der Waals surface area contributed by atoms with Gasteiger partial charge in [0.2, 0.25) is 5.91 Å². The second kappa shape index (κ2) is 8.01. The zero-order valence-corrected chi connectivity index (χ0v) is 17.4. The normalized spacial score (nSPS) is 15.3. The largest absolute Gasteiger partial charge is 0.383 e. The second-order valence-corrected chi connectivity index (χ2v) is 8.69. The highest BCUT2D eigenvalue weighted by atomic mass is 32.1. The molecule has 1 aromatic heterocycles. The Hall–Kier alpha value is -3.03. The molecule has 3 amide bonds. The van der Waals surface area contributed by atoms with Crippen LogP contribution in [-0.4, -0.2) is 40.8 Å². The molecule has 3 aromatic rings. The number of benzene rings is 2. The molecule has 1 aliphatic heterocycles. The maximum atomic E-state index is 12.3. The average molecular weight is 423 g/mol. The Balaban J connectivity index is 1.28. The highest BCUT2D eigenvalue weighted by Gasteiger charge is 2.34. The number of hydrogen-bond acceptors (Lipinski definition) is 5. The second-order valence-electron chi connectivity index (χ2n) is 7.61. The van der Waals surface area contributed by atoms with Crippen molar-refractivity contribution in [3.05, 3.63) is 70.6 Å². The fraction of sp³-hybridized carbons (Fsp3) is 0.261. The Morgan fingerprint density at radius 3 is 2.37 bits per heavy atom. The van der Waals surface area contributed by atoms with Crippen LogP contribution in [0.5, 0.6) is 0 Å². The number of carbonyl (C=O) groups excluding carboxylic acids is 3. The van der Waals surface area contributed by atoms with Gasteiger partial charge in [-0.1, -0.05) is 30.3 Å². The SMILES string of the molecule is CC(O)(CNC(=O)CCCN1C(=O)c2ccccc2C1=O)c1cc2ccccc2s1. The third kappa shape index (κ3) is 3.86. The zero-order chi connectivity index (χ0) is 21.3. The Morgan fingerprint density at radius 1 is 1.07 bits per heavy atom. The molecular formula is C23H22N2O4S. The first-order valence-corrected chi connectivity index (χ1v) is 10.6. The van der Waals surface area contributed by atoms with E-state index in [-0.39, 0.29) is 37.2 Å². The van der Waals surface area contributed by atoms with Crippen molar-refractivity contribution in [3.63, 3.8) is 0 Å². The van der Waals surface area contributed by atoms with Crippen molar-refractivity contribution in [2.24, 2.45) is 0 Å². The molecule has 0 saturated heterocycles. The molecule has 0 saturated carbocycles. The molecule has 1 unspecified atom stereocenters. The molecule has 2 aromatic carbocycles. The Kier molecular flexibility index (Phi) is 5.40. The summed E-state index contributed by atoms with van der Waals surface area (Å²) in [5.74, 6) is -0.861. The molecule has 0 bridgehead atoms. The quantitative estimate of drug-likeness (QED) is 0.572. The lowest BCUT2D eigenvalue weighted by Crippen LogP contribution is -2.38. The first-order valence-electron chi connectivity index (χ1n) is 9.80. The topological polar surface area (TPSA) is 86.7 Å². The molecule has 30 heavy (non-hydrogen) atoms. The van der Waals surface area contributed by atoms with Gasteiger partial charge in [0.05, 0.1) is 17.7 Å². The molecule has 4 rings (SSSR count). The third-order valence-corrected chi connectivity index (χ3v) is 6.62. The van der Waals surface area contributed by atoms with E-state index in [1.54, 1.807) is 31.2 Å². The first-order chi connectivity index (χ1) is 14.4. The van der Waals surface area contributed by atoms with Crippen LogP contribution >= 0.6 is 11.3 Å². The summed E-state index contributed by atoms with van der Waals surface area (Å²) < 4.78 is 1.08. The molecule has 7 heteroatoms. The van der Waals surface area contributed by atoms with Crippen LogP contribution in [0, 0.1) is 0 Å². The summed E-state index contributed by atoms with van der Waals surface area (Å²) in [6.07, 6.45) is 0.526. The van der Waals surface area contributed by atoms with Gasteiger partial charge in [-0.25, -0.2) is 0 Å². The van der Waals surface area contributed by atoms with Gasteiger partial charge in [0.25, 0.3) is 11.8 Å². The number of nitrogens with zero attached hydrogens (tertiary/aromatic N) is 1. The van der Waals surface area contributed by atoms with E-state index in [1.165, 1.54) is 16.2 Å². The van der Waals surface area contributed by atoms with Gasteiger partial charge in [0, 0.05) is 22.5 Å². The lowest BCUT2D eigenvalue weighted by atomic mass is 10.0. The van der Waals surface area contributed by atoms with Gasteiger partial charge < -0.3 is 10.4 Å². The molecule has 1 atom stereocenters. The summed E-state index contributed by atoms with van der Waals surface area (Å²) in [4.78, 5) is 38.9. The third-order valence-electron chi connectivity index (χ3n) is 5.25. The van der Waals surface area contributed by atoms with Crippen molar-refractivity contribution in [1.82, 2.24) is 10.2 Å². The zero-order valence-electron chi connectivity index (χ0n) is 16.6. The number of fused-ring (bicyclic) bond motifs is 2. The molecule has 1 aliphatic rings. The Labute approximate surface area is 178 Å². The van der Waals surface area contributed by atoms with E-state index in [4.69, 9.17) is 0 Å². The van der Waals surface area contributed by atoms with E-state index >= 15 is 0 Å². The van der Waals surface area contributed by atoms with E-state index in [0.717, 1.165) is 15.0 Å². The molecule has 0 radical (unpaired) electrons. The predicted octanol–water partition coefficient (Wildman–Crippen LogP) is 3.30. The fourth-order valence-electron chi connectivity index (χ4n) is 3.53. The van der Waals surface area contributed by atoms with Crippen LogP contribution in [0.15, 0.2) is 54.6 Å². The molecule has 2 N–H and O–H groups in total. The monoisotopic (exact) mass is 422 g/mol. The van der Waals surface area contributed by atoms with Crippen molar-refractivity contribution >= 4 is 39.1 Å². The van der Waals surface area contributed by atoms with Gasteiger partial charge in [-0.2, -0.15) is 0 Å². The standard InChI is InChI=1S/C23H22N2O4S/c1-23(29,19-13-15-7-2-5-10-18(15)30-19)14-24-20(26)11-6-12-25-21(27)16-8-3-4-9-17(16)22(25)28/h2-5,7-10,13,29H,6,11-12,14H2,1H3,(H,24,26). The van der Waals surface area contributed by atoms with Gasteiger partial charge in [-0.3, -0.25) is 19.3 Å². The van der Waals surface area contributed by atoms with Crippen LogP contribution in [0.3, 0.4) is 0 Å². The van der Waals surface area contributed by atoms with Crippen molar-refractivity contribution in [1.29, 1.82) is 0 Å². The lowest BCUT2D eigenvalue weighted by Gasteiger charge is -2.22. The number of carbonyl (C=O) groups is 3. The smallest absolute Gasteiger partial charge is 0.261 e. The van der Waals surface area contributed by atoms with Crippen molar-refractivity contribution in [3.8, 4) is 0 Å². The number of imide groups is 1. The van der Waals surface area contributed by atoms with E-state index in [2.05, 4.69) is 5.32 Å². The Morgan fingerprint density at radius 2 is 1.70 bits per heavy atom.